The van der Waals surface area contributed by atoms with Gasteiger partial charge in [0.05, 0.1) is 0 Å². The highest BCUT2D eigenvalue weighted by Crippen LogP contribution is 2.20. The number of nitrogens with two attached hydrogens (primary N) is 1. The normalized spacial score (nSPS) is 13.0. The van der Waals surface area contributed by atoms with E-state index >= 15 is 0 Å². The molecule has 0 bridgehead atoms. The van der Waals surface area contributed by atoms with Crippen molar-refractivity contribution in [2.24, 2.45) is 11.7 Å². The SMILES string of the molecule is C=Cc1ccccc1NC(C(N)=O)C(C)CC.Cl. The van der Waals surface area contributed by atoms with Gasteiger partial charge in [0.25, 0.3) is 0 Å². The quantitative estimate of drug-likeness (QED) is 0.833. The zero-order valence-corrected chi connectivity index (χ0v) is 11.7. The van der Waals surface area contributed by atoms with Crippen molar-refractivity contribution in [3.63, 3.8) is 0 Å². The molecule has 1 amide bonds. The zero-order valence-electron chi connectivity index (χ0n) is 10.8. The smallest absolute Gasteiger partial charge is 0.240 e. The van der Waals surface area contributed by atoms with Gasteiger partial charge in [0.15, 0.2) is 0 Å². The molecule has 1 aromatic carbocycles. The number of carbonyl (C=O) groups is 1. The molecule has 3 N–H and O–H groups in total. The molecule has 100 valence electrons. The van der Waals surface area contributed by atoms with Crippen molar-refractivity contribution in [2.45, 2.75) is 26.3 Å². The Morgan fingerprint density at radius 2 is 2.11 bits per heavy atom. The Bertz CT molecular complexity index is 407. The Labute approximate surface area is 115 Å². The third-order valence-corrected chi connectivity index (χ3v) is 3.01. The maximum atomic E-state index is 11.4. The van der Waals surface area contributed by atoms with Gasteiger partial charge in [-0.1, -0.05) is 51.1 Å². The van der Waals surface area contributed by atoms with Gasteiger partial charge in [0.2, 0.25) is 5.91 Å². The number of nitrogens with one attached hydrogen (secondary N) is 1. The summed E-state index contributed by atoms with van der Waals surface area (Å²) >= 11 is 0. The van der Waals surface area contributed by atoms with Crippen molar-refractivity contribution in [1.29, 1.82) is 0 Å². The van der Waals surface area contributed by atoms with Crippen molar-refractivity contribution >= 4 is 30.1 Å². The summed E-state index contributed by atoms with van der Waals surface area (Å²) in [6, 6.07) is 7.38. The third kappa shape index (κ3) is 4.08. The van der Waals surface area contributed by atoms with Crippen LogP contribution in [0.15, 0.2) is 30.8 Å². The second kappa shape index (κ2) is 7.77. The van der Waals surface area contributed by atoms with E-state index in [1.807, 2.05) is 38.1 Å². The molecule has 3 nitrogen and oxygen atoms in total. The molecule has 0 saturated heterocycles. The lowest BCUT2D eigenvalue weighted by molar-refractivity contribution is -0.119. The van der Waals surface area contributed by atoms with E-state index in [1.54, 1.807) is 6.08 Å². The number of para-hydroxylation sites is 1. The highest BCUT2D eigenvalue weighted by Gasteiger charge is 2.21. The molecule has 2 atom stereocenters. The van der Waals surface area contributed by atoms with Gasteiger partial charge in [-0.25, -0.2) is 0 Å². The molecule has 0 aromatic heterocycles. The van der Waals surface area contributed by atoms with Crippen LogP contribution in [0.1, 0.15) is 25.8 Å². The van der Waals surface area contributed by atoms with E-state index in [2.05, 4.69) is 11.9 Å². The molecule has 18 heavy (non-hydrogen) atoms. The molecule has 0 aliphatic rings. The maximum Gasteiger partial charge on any atom is 0.240 e. The monoisotopic (exact) mass is 268 g/mol. The lowest BCUT2D eigenvalue weighted by Crippen LogP contribution is -2.40. The molecule has 0 heterocycles. The second-order valence-electron chi connectivity index (χ2n) is 4.20. The van der Waals surface area contributed by atoms with Crippen LogP contribution in [0.25, 0.3) is 6.08 Å². The number of hydrogen-bond acceptors (Lipinski definition) is 2. The molecule has 0 aliphatic carbocycles. The average molecular weight is 269 g/mol. The van der Waals surface area contributed by atoms with E-state index in [4.69, 9.17) is 5.73 Å². The Balaban J connectivity index is 0.00000289. The van der Waals surface area contributed by atoms with Crippen LogP contribution in [-0.4, -0.2) is 11.9 Å². The summed E-state index contributed by atoms with van der Waals surface area (Å²) in [5.74, 6) is -0.122. The van der Waals surface area contributed by atoms with Gasteiger partial charge in [0.1, 0.15) is 6.04 Å². The highest BCUT2D eigenvalue weighted by atomic mass is 35.5. The molecule has 0 fully saturated rings. The van der Waals surface area contributed by atoms with Gasteiger partial charge >= 0.3 is 0 Å². The van der Waals surface area contributed by atoms with Crippen LogP contribution in [-0.2, 0) is 4.79 Å². The molecule has 0 saturated carbocycles. The predicted octanol–water partition coefficient (Wildman–Crippen LogP) is 3.06. The van der Waals surface area contributed by atoms with Crippen LogP contribution in [0, 0.1) is 5.92 Å². The van der Waals surface area contributed by atoms with Gasteiger partial charge in [-0.2, -0.15) is 0 Å². The lowest BCUT2D eigenvalue weighted by atomic mass is 9.98. The van der Waals surface area contributed by atoms with E-state index < -0.39 is 0 Å². The van der Waals surface area contributed by atoms with E-state index in [-0.39, 0.29) is 30.3 Å². The highest BCUT2D eigenvalue weighted by molar-refractivity contribution is 5.85. The van der Waals surface area contributed by atoms with Crippen LogP contribution in [0.3, 0.4) is 0 Å². The first-order valence-corrected chi connectivity index (χ1v) is 5.87. The molecule has 2 unspecified atom stereocenters. The Kier molecular flexibility index (Phi) is 7.13. The number of amides is 1. The van der Waals surface area contributed by atoms with Crippen LogP contribution >= 0.6 is 12.4 Å². The Morgan fingerprint density at radius 3 is 2.61 bits per heavy atom. The van der Waals surface area contributed by atoms with Gasteiger partial charge < -0.3 is 11.1 Å². The van der Waals surface area contributed by atoms with Gasteiger partial charge in [0, 0.05) is 5.69 Å². The molecular formula is C14H21ClN2O. The summed E-state index contributed by atoms with van der Waals surface area (Å²) in [7, 11) is 0. The molecule has 0 radical (unpaired) electrons. The second-order valence-corrected chi connectivity index (χ2v) is 4.20. The lowest BCUT2D eigenvalue weighted by Gasteiger charge is -2.23. The Hall–Kier alpha value is -1.48. The summed E-state index contributed by atoms with van der Waals surface area (Å²) in [5.41, 5.74) is 7.29. The average Bonchev–Trinajstić information content (AvgIpc) is 2.35. The fourth-order valence-electron chi connectivity index (χ4n) is 1.70. The van der Waals surface area contributed by atoms with Gasteiger partial charge in [-0.05, 0) is 17.5 Å². The molecule has 1 aromatic rings. The summed E-state index contributed by atoms with van der Waals surface area (Å²) in [5, 5.41) is 3.20. The number of hydrogen-bond donors (Lipinski definition) is 2. The fourth-order valence-corrected chi connectivity index (χ4v) is 1.70. The minimum absolute atomic E-state index is 0. The fraction of sp³-hybridized carbons (Fsp3) is 0.357. The Morgan fingerprint density at radius 1 is 1.50 bits per heavy atom. The molecule has 1 rings (SSSR count). The summed E-state index contributed by atoms with van der Waals surface area (Å²) < 4.78 is 0. The van der Waals surface area contributed by atoms with Gasteiger partial charge in [-0.15, -0.1) is 12.4 Å². The first-order valence-electron chi connectivity index (χ1n) is 5.87. The van der Waals surface area contributed by atoms with Crippen molar-refractivity contribution in [2.75, 3.05) is 5.32 Å². The van der Waals surface area contributed by atoms with Crippen molar-refractivity contribution < 1.29 is 4.79 Å². The topological polar surface area (TPSA) is 55.1 Å². The number of primary amides is 1. The minimum Gasteiger partial charge on any atom is -0.373 e. The standard InChI is InChI=1S/C14H20N2O.ClH/c1-4-10(3)13(14(15)17)16-12-9-7-6-8-11(12)5-2;/h5-10,13,16H,2,4H2,1,3H3,(H2,15,17);1H. The number of rotatable bonds is 6. The van der Waals surface area contributed by atoms with Crippen molar-refractivity contribution in [3.05, 3.63) is 36.4 Å². The number of carbonyl (C=O) groups excluding carboxylic acids is 1. The van der Waals surface area contributed by atoms with Crippen LogP contribution < -0.4 is 11.1 Å². The molecular weight excluding hydrogens is 248 g/mol. The molecule has 4 heteroatoms. The number of benzene rings is 1. The van der Waals surface area contributed by atoms with Crippen LogP contribution in [0.4, 0.5) is 5.69 Å². The first kappa shape index (κ1) is 16.5. The zero-order chi connectivity index (χ0) is 12.8. The maximum absolute atomic E-state index is 11.4. The molecule has 0 spiro atoms. The van der Waals surface area contributed by atoms with Crippen LogP contribution in [0.5, 0.6) is 0 Å². The molecule has 0 aliphatic heterocycles. The first-order chi connectivity index (χ1) is 8.10. The van der Waals surface area contributed by atoms with Crippen molar-refractivity contribution in [3.8, 4) is 0 Å². The third-order valence-electron chi connectivity index (χ3n) is 3.01. The largest absolute Gasteiger partial charge is 0.373 e. The number of anilines is 1. The predicted molar refractivity (Wildman–Crippen MR) is 79.8 cm³/mol. The summed E-state index contributed by atoms with van der Waals surface area (Å²) in [4.78, 5) is 11.4. The van der Waals surface area contributed by atoms with Crippen molar-refractivity contribution in [1.82, 2.24) is 0 Å². The minimum atomic E-state index is -0.346. The summed E-state index contributed by atoms with van der Waals surface area (Å²) in [6.07, 6.45) is 2.66. The van der Waals surface area contributed by atoms with E-state index in [1.165, 1.54) is 0 Å². The van der Waals surface area contributed by atoms with Crippen LogP contribution in [0.2, 0.25) is 0 Å². The van der Waals surface area contributed by atoms with Gasteiger partial charge in [-0.3, -0.25) is 4.79 Å². The van der Waals surface area contributed by atoms with E-state index in [0.29, 0.717) is 0 Å². The van der Waals surface area contributed by atoms with E-state index in [0.717, 1.165) is 17.7 Å². The number of halogens is 1. The van der Waals surface area contributed by atoms with E-state index in [9.17, 15) is 4.79 Å². The summed E-state index contributed by atoms with van der Waals surface area (Å²) in [6.45, 7) is 7.81.